The fourth-order valence-corrected chi connectivity index (χ4v) is 2.64. The summed E-state index contributed by atoms with van der Waals surface area (Å²) in [5, 5.41) is 0. The molecular formula is C16H19NO7. The van der Waals surface area contributed by atoms with Gasteiger partial charge in [0.2, 0.25) is 5.88 Å². The number of nitrogens with two attached hydrogens (primary N) is 1. The minimum atomic E-state index is -1.80. The van der Waals surface area contributed by atoms with E-state index in [1.165, 1.54) is 13.0 Å². The van der Waals surface area contributed by atoms with Crippen molar-refractivity contribution in [2.45, 2.75) is 33.1 Å². The van der Waals surface area contributed by atoms with E-state index in [0.29, 0.717) is 0 Å². The zero-order valence-corrected chi connectivity index (χ0v) is 13.9. The Morgan fingerprint density at radius 1 is 1.25 bits per heavy atom. The van der Waals surface area contributed by atoms with Gasteiger partial charge in [-0.25, -0.2) is 9.59 Å². The molecule has 0 saturated carbocycles. The lowest BCUT2D eigenvalue weighted by molar-refractivity contribution is -0.152. The van der Waals surface area contributed by atoms with Crippen molar-refractivity contribution in [1.29, 1.82) is 0 Å². The van der Waals surface area contributed by atoms with E-state index in [9.17, 15) is 14.4 Å². The van der Waals surface area contributed by atoms with Crippen LogP contribution in [0.2, 0.25) is 0 Å². The Labute approximate surface area is 138 Å². The predicted octanol–water partition coefficient (Wildman–Crippen LogP) is 0.895. The Hall–Kier alpha value is -2.77. The van der Waals surface area contributed by atoms with E-state index in [0.717, 1.165) is 0 Å². The Morgan fingerprint density at radius 2 is 1.88 bits per heavy atom. The Kier molecular flexibility index (Phi) is 4.68. The minimum Gasteiger partial charge on any atom is -0.465 e. The first-order valence-corrected chi connectivity index (χ1v) is 7.44. The van der Waals surface area contributed by atoms with Crippen LogP contribution in [0.4, 0.5) is 0 Å². The molecule has 0 radical (unpaired) electrons. The van der Waals surface area contributed by atoms with Crippen LogP contribution in [0.15, 0.2) is 26.7 Å². The molecule has 0 bridgehead atoms. The quantitative estimate of drug-likeness (QED) is 0.805. The number of fused-ring (bicyclic) bond motifs is 1. The second kappa shape index (κ2) is 6.38. The zero-order valence-electron chi connectivity index (χ0n) is 13.9. The topological polar surface area (TPSA) is 118 Å². The lowest BCUT2D eigenvalue weighted by atomic mass is 9.74. The van der Waals surface area contributed by atoms with E-state index >= 15 is 0 Å². The van der Waals surface area contributed by atoms with Gasteiger partial charge >= 0.3 is 17.6 Å². The van der Waals surface area contributed by atoms with Gasteiger partial charge in [0.25, 0.3) is 0 Å². The Bertz CT molecular complexity index is 777. The van der Waals surface area contributed by atoms with Gasteiger partial charge in [0.05, 0.1) is 13.2 Å². The summed E-state index contributed by atoms with van der Waals surface area (Å²) in [6.07, 6.45) is 0. The first-order valence-electron chi connectivity index (χ1n) is 7.44. The fourth-order valence-electron chi connectivity index (χ4n) is 2.64. The van der Waals surface area contributed by atoms with E-state index in [-0.39, 0.29) is 41.7 Å². The number of esters is 2. The van der Waals surface area contributed by atoms with E-state index in [2.05, 4.69) is 0 Å². The second-order valence-corrected chi connectivity index (χ2v) is 5.29. The van der Waals surface area contributed by atoms with Crippen LogP contribution in [-0.4, -0.2) is 25.2 Å². The molecule has 1 atom stereocenters. The second-order valence-electron chi connectivity index (χ2n) is 5.29. The van der Waals surface area contributed by atoms with Crippen molar-refractivity contribution in [2.24, 2.45) is 5.73 Å². The van der Waals surface area contributed by atoms with Crippen LogP contribution in [0.1, 0.15) is 32.1 Å². The molecule has 0 spiro atoms. The SMILES string of the molecule is CCOC(=O)C1=C(N)Oc2cc(C)oc(=O)c2C1(C)C(=O)OCC. The average molecular weight is 337 g/mol. The van der Waals surface area contributed by atoms with Crippen LogP contribution in [0.5, 0.6) is 5.75 Å². The van der Waals surface area contributed by atoms with Gasteiger partial charge in [-0.2, -0.15) is 0 Å². The van der Waals surface area contributed by atoms with Gasteiger partial charge in [0.1, 0.15) is 28.1 Å². The van der Waals surface area contributed by atoms with Gasteiger partial charge in [0.15, 0.2) is 0 Å². The normalized spacial score (nSPS) is 19.3. The van der Waals surface area contributed by atoms with E-state index in [4.69, 9.17) is 24.4 Å². The first-order chi connectivity index (χ1) is 11.3. The Balaban J connectivity index is 2.78. The fraction of sp³-hybridized carbons (Fsp3) is 0.438. The molecular weight excluding hydrogens is 318 g/mol. The lowest BCUT2D eigenvalue weighted by Crippen LogP contribution is -2.47. The third-order valence-electron chi connectivity index (χ3n) is 3.67. The van der Waals surface area contributed by atoms with Gasteiger partial charge in [-0.1, -0.05) is 0 Å². The van der Waals surface area contributed by atoms with Crippen molar-refractivity contribution < 1.29 is 28.2 Å². The van der Waals surface area contributed by atoms with Crippen LogP contribution in [0, 0.1) is 6.92 Å². The highest BCUT2D eigenvalue weighted by molar-refractivity contribution is 6.03. The summed E-state index contributed by atoms with van der Waals surface area (Å²) in [5.41, 5.74) is 2.81. The number of hydrogen-bond acceptors (Lipinski definition) is 8. The van der Waals surface area contributed by atoms with Crippen molar-refractivity contribution >= 4 is 11.9 Å². The van der Waals surface area contributed by atoms with Crippen LogP contribution >= 0.6 is 0 Å². The first kappa shape index (κ1) is 17.6. The number of carbonyl (C=O) groups is 2. The summed E-state index contributed by atoms with van der Waals surface area (Å²) < 4.78 is 20.5. The summed E-state index contributed by atoms with van der Waals surface area (Å²) in [7, 11) is 0. The third-order valence-corrected chi connectivity index (χ3v) is 3.67. The third kappa shape index (κ3) is 2.64. The number of rotatable bonds is 4. The highest BCUT2D eigenvalue weighted by atomic mass is 16.5. The molecule has 1 aliphatic heterocycles. The van der Waals surface area contributed by atoms with Crippen LogP contribution in [0.25, 0.3) is 0 Å². The van der Waals surface area contributed by atoms with Gasteiger partial charge in [-0.05, 0) is 27.7 Å². The van der Waals surface area contributed by atoms with Crippen molar-refractivity contribution in [3.63, 3.8) is 0 Å². The van der Waals surface area contributed by atoms with E-state index in [1.807, 2.05) is 0 Å². The van der Waals surface area contributed by atoms with Crippen molar-refractivity contribution in [3.05, 3.63) is 39.3 Å². The number of hydrogen-bond donors (Lipinski definition) is 1. The maximum Gasteiger partial charge on any atom is 0.344 e. The summed E-state index contributed by atoms with van der Waals surface area (Å²) in [6, 6.07) is 1.42. The summed E-state index contributed by atoms with van der Waals surface area (Å²) in [4.78, 5) is 37.3. The molecule has 1 aliphatic rings. The standard InChI is InChI=1S/C16H19NO7/c1-5-21-13(18)11-12(17)24-9-7-8(3)23-14(19)10(9)16(11,4)15(20)22-6-2/h7H,5-6,17H2,1-4H3. The molecule has 0 aliphatic carbocycles. The number of ether oxygens (including phenoxy) is 3. The monoisotopic (exact) mass is 337 g/mol. The molecule has 0 aromatic carbocycles. The molecule has 2 rings (SSSR count). The number of carbonyl (C=O) groups excluding carboxylic acids is 2. The molecule has 1 aromatic heterocycles. The summed E-state index contributed by atoms with van der Waals surface area (Å²) in [5.74, 6) is -1.68. The van der Waals surface area contributed by atoms with Gasteiger partial charge in [0, 0.05) is 6.07 Å². The van der Waals surface area contributed by atoms with E-state index in [1.54, 1.807) is 20.8 Å². The minimum absolute atomic E-state index is 0.0462. The molecule has 2 N–H and O–H groups in total. The maximum atomic E-state index is 12.6. The average Bonchev–Trinajstić information content (AvgIpc) is 2.46. The summed E-state index contributed by atoms with van der Waals surface area (Å²) >= 11 is 0. The lowest BCUT2D eigenvalue weighted by Gasteiger charge is -2.33. The molecule has 24 heavy (non-hydrogen) atoms. The van der Waals surface area contributed by atoms with Crippen molar-refractivity contribution in [2.75, 3.05) is 13.2 Å². The van der Waals surface area contributed by atoms with E-state index < -0.39 is 23.0 Å². The van der Waals surface area contributed by atoms with Crippen LogP contribution in [-0.2, 0) is 24.5 Å². The molecule has 8 heteroatoms. The molecule has 0 amide bonds. The largest absolute Gasteiger partial charge is 0.465 e. The van der Waals surface area contributed by atoms with Crippen LogP contribution in [0.3, 0.4) is 0 Å². The molecule has 8 nitrogen and oxygen atoms in total. The van der Waals surface area contributed by atoms with Gasteiger partial charge < -0.3 is 24.4 Å². The van der Waals surface area contributed by atoms with Crippen molar-refractivity contribution in [3.8, 4) is 5.75 Å². The maximum absolute atomic E-state index is 12.6. The van der Waals surface area contributed by atoms with Crippen molar-refractivity contribution in [1.82, 2.24) is 0 Å². The smallest absolute Gasteiger partial charge is 0.344 e. The highest BCUT2D eigenvalue weighted by Gasteiger charge is 2.53. The molecule has 2 heterocycles. The van der Waals surface area contributed by atoms with Gasteiger partial charge in [-0.3, -0.25) is 4.79 Å². The Morgan fingerprint density at radius 3 is 2.46 bits per heavy atom. The molecule has 1 unspecified atom stereocenters. The summed E-state index contributed by atoms with van der Waals surface area (Å²) in [6.45, 7) is 6.23. The van der Waals surface area contributed by atoms with Crippen LogP contribution < -0.4 is 16.1 Å². The molecule has 130 valence electrons. The van der Waals surface area contributed by atoms with Gasteiger partial charge in [-0.15, -0.1) is 0 Å². The number of aryl methyl sites for hydroxylation is 1. The predicted molar refractivity (Wildman–Crippen MR) is 82.2 cm³/mol. The zero-order chi connectivity index (χ0) is 18.1. The molecule has 0 saturated heterocycles. The highest BCUT2D eigenvalue weighted by Crippen LogP contribution is 2.42. The molecule has 1 aromatic rings. The molecule has 0 fully saturated rings.